The molecule has 196 valence electrons. The molecule has 0 unspecified atom stereocenters. The van der Waals surface area contributed by atoms with E-state index in [9.17, 15) is 18.8 Å². The quantitative estimate of drug-likeness (QED) is 0.490. The van der Waals surface area contributed by atoms with Crippen LogP contribution < -0.4 is 21.8 Å². The van der Waals surface area contributed by atoms with Gasteiger partial charge in [0.05, 0.1) is 12.0 Å². The summed E-state index contributed by atoms with van der Waals surface area (Å²) >= 11 is 0. The van der Waals surface area contributed by atoms with E-state index in [-0.39, 0.29) is 22.5 Å². The minimum atomic E-state index is -0.481. The number of carbonyl (C=O) groups is 1. The second kappa shape index (κ2) is 11.5. The van der Waals surface area contributed by atoms with Gasteiger partial charge in [0.25, 0.3) is 11.1 Å². The van der Waals surface area contributed by atoms with E-state index in [0.29, 0.717) is 11.3 Å². The van der Waals surface area contributed by atoms with E-state index in [0.717, 1.165) is 51.4 Å². The Hall–Kier alpha value is -3.79. The molecule has 1 saturated heterocycles. The molecule has 0 bridgehead atoms. The maximum absolute atomic E-state index is 13.5. The molecule has 37 heavy (non-hydrogen) atoms. The van der Waals surface area contributed by atoms with Crippen LogP contribution in [0, 0.1) is 5.82 Å². The predicted molar refractivity (Wildman–Crippen MR) is 140 cm³/mol. The molecule has 4 rings (SSSR count). The fourth-order valence-electron chi connectivity index (χ4n) is 4.67. The van der Waals surface area contributed by atoms with Crippen molar-refractivity contribution in [3.63, 3.8) is 0 Å². The number of aryl methyl sites for hydroxylation is 1. The smallest absolute Gasteiger partial charge is 0.272 e. The first kappa shape index (κ1) is 26.3. The van der Waals surface area contributed by atoms with E-state index < -0.39 is 16.9 Å². The van der Waals surface area contributed by atoms with Gasteiger partial charge in [-0.2, -0.15) is 0 Å². The third kappa shape index (κ3) is 6.51. The highest BCUT2D eigenvalue weighted by atomic mass is 19.1. The number of rotatable bonds is 7. The summed E-state index contributed by atoms with van der Waals surface area (Å²) < 4.78 is 15.6. The predicted octanol–water partition coefficient (Wildman–Crippen LogP) is 0.734. The van der Waals surface area contributed by atoms with Crippen molar-refractivity contribution in [2.24, 2.45) is 0 Å². The fourth-order valence-corrected chi connectivity index (χ4v) is 4.67. The Bertz CT molecular complexity index is 1500. The van der Waals surface area contributed by atoms with Crippen molar-refractivity contribution in [3.8, 4) is 0 Å². The number of aromatic amines is 2. The van der Waals surface area contributed by atoms with E-state index in [1.807, 2.05) is 4.90 Å². The molecular weight excluding hydrogens is 475 g/mol. The Balaban J connectivity index is 1.52. The van der Waals surface area contributed by atoms with Crippen molar-refractivity contribution in [2.75, 3.05) is 32.7 Å². The lowest BCUT2D eigenvalue weighted by Crippen LogP contribution is -2.48. The van der Waals surface area contributed by atoms with Gasteiger partial charge in [-0.15, -0.1) is 0 Å². The van der Waals surface area contributed by atoms with E-state index in [2.05, 4.69) is 38.3 Å². The largest absolute Gasteiger partial charge is 0.340 e. The van der Waals surface area contributed by atoms with Gasteiger partial charge in [0.2, 0.25) is 5.91 Å². The number of aromatic nitrogens is 4. The topological polar surface area (TPSA) is 107 Å². The van der Waals surface area contributed by atoms with Crippen molar-refractivity contribution in [2.45, 2.75) is 39.7 Å². The highest BCUT2D eigenvalue weighted by Gasteiger charge is 2.18. The third-order valence-corrected chi connectivity index (χ3v) is 6.57. The van der Waals surface area contributed by atoms with Crippen LogP contribution in [0.3, 0.4) is 0 Å². The Morgan fingerprint density at radius 2 is 1.73 bits per heavy atom. The minimum absolute atomic E-state index is 0.0477. The van der Waals surface area contributed by atoms with Gasteiger partial charge < -0.3 is 19.4 Å². The van der Waals surface area contributed by atoms with Gasteiger partial charge in [-0.3, -0.25) is 19.3 Å². The Kier molecular flexibility index (Phi) is 8.17. The molecule has 10 heteroatoms. The Morgan fingerprint density at radius 3 is 2.35 bits per heavy atom. The van der Waals surface area contributed by atoms with Crippen molar-refractivity contribution in [1.29, 1.82) is 0 Å². The van der Waals surface area contributed by atoms with E-state index in [1.54, 1.807) is 25.4 Å². The molecule has 1 fully saturated rings. The first-order chi connectivity index (χ1) is 17.7. The summed E-state index contributed by atoms with van der Waals surface area (Å²) in [4.78, 5) is 50.9. The molecule has 2 N–H and O–H groups in total. The number of nitrogens with zero attached hydrogens (tertiary/aromatic N) is 4. The third-order valence-electron chi connectivity index (χ3n) is 6.57. The first-order valence-electron chi connectivity index (χ1n) is 12.6. The van der Waals surface area contributed by atoms with Crippen LogP contribution in [0.5, 0.6) is 0 Å². The van der Waals surface area contributed by atoms with E-state index in [1.165, 1.54) is 24.3 Å². The van der Waals surface area contributed by atoms with E-state index in [4.69, 9.17) is 0 Å². The van der Waals surface area contributed by atoms with Crippen LogP contribution in [0.4, 0.5) is 4.39 Å². The highest BCUT2D eigenvalue weighted by Crippen LogP contribution is 2.20. The number of hydrogen-bond acceptors (Lipinski definition) is 5. The Labute approximate surface area is 214 Å². The number of amides is 1. The van der Waals surface area contributed by atoms with Gasteiger partial charge in [0.1, 0.15) is 16.5 Å². The lowest BCUT2D eigenvalue weighted by Gasteiger charge is -2.34. The normalized spacial score (nSPS) is 15.6. The molecule has 3 aromatic rings. The summed E-state index contributed by atoms with van der Waals surface area (Å²) in [7, 11) is 0. The average Bonchev–Trinajstić information content (AvgIpc) is 3.25. The van der Waals surface area contributed by atoms with Crippen LogP contribution in [-0.2, 0) is 11.3 Å². The van der Waals surface area contributed by atoms with Crippen molar-refractivity contribution in [3.05, 3.63) is 84.8 Å². The number of hydrogen-bond donors (Lipinski definition) is 2. The zero-order valence-corrected chi connectivity index (χ0v) is 21.5. The van der Waals surface area contributed by atoms with Gasteiger partial charge in [-0.1, -0.05) is 26.0 Å². The van der Waals surface area contributed by atoms with Crippen LogP contribution >= 0.6 is 0 Å². The summed E-state index contributed by atoms with van der Waals surface area (Å²) in [5.74, 6) is -0.146. The number of H-pyrrole nitrogens is 2. The van der Waals surface area contributed by atoms with Gasteiger partial charge >= 0.3 is 0 Å². The number of piperazine rings is 1. The monoisotopic (exact) mass is 508 g/mol. The van der Waals surface area contributed by atoms with Crippen LogP contribution in [0.25, 0.3) is 12.2 Å². The fraction of sp³-hybridized carbons (Fsp3) is 0.407. The van der Waals surface area contributed by atoms with Gasteiger partial charge in [0.15, 0.2) is 0 Å². The number of halogens is 1. The molecule has 0 aliphatic carbocycles. The van der Waals surface area contributed by atoms with Gasteiger partial charge in [0, 0.05) is 45.3 Å². The summed E-state index contributed by atoms with van der Waals surface area (Å²) in [6.07, 6.45) is 5.73. The SMILES string of the molecule is CC(=O)N1CCN(CCCn2cnc(/C=c3\[nH]c(=O)/c(=C/c4cccc(F)c4)[nH]c3=O)c2C(C)C)CC1. The van der Waals surface area contributed by atoms with Crippen molar-refractivity contribution >= 4 is 18.1 Å². The molecule has 0 atom stereocenters. The molecule has 0 spiro atoms. The molecule has 0 radical (unpaired) electrons. The van der Waals surface area contributed by atoms with Crippen molar-refractivity contribution in [1.82, 2.24) is 29.3 Å². The summed E-state index contributed by atoms with van der Waals surface area (Å²) in [5, 5.41) is 0.156. The molecule has 3 heterocycles. The average molecular weight is 509 g/mol. The van der Waals surface area contributed by atoms with Crippen molar-refractivity contribution < 1.29 is 9.18 Å². The maximum Gasteiger partial charge on any atom is 0.272 e. The molecule has 9 nitrogen and oxygen atoms in total. The lowest BCUT2D eigenvalue weighted by molar-refractivity contribution is -0.130. The van der Waals surface area contributed by atoms with E-state index >= 15 is 0 Å². The minimum Gasteiger partial charge on any atom is -0.340 e. The van der Waals surface area contributed by atoms with Crippen LogP contribution in [0.2, 0.25) is 0 Å². The molecule has 1 aliphatic heterocycles. The molecule has 1 aliphatic rings. The first-order valence-corrected chi connectivity index (χ1v) is 12.6. The zero-order chi connectivity index (χ0) is 26.5. The number of carbonyl (C=O) groups excluding carboxylic acids is 1. The van der Waals surface area contributed by atoms with Gasteiger partial charge in [-0.25, -0.2) is 9.37 Å². The molecule has 1 aromatic carbocycles. The molecular formula is C27H33FN6O3. The van der Waals surface area contributed by atoms with Crippen LogP contribution in [0.1, 0.15) is 50.1 Å². The zero-order valence-electron chi connectivity index (χ0n) is 21.5. The summed E-state index contributed by atoms with van der Waals surface area (Å²) in [5.41, 5.74) is 1.14. The standard InChI is InChI=1S/C27H33FN6O3/c1-18(2)25-22(29-17-34(25)9-5-8-32-10-12-33(13-11-32)19(3)35)16-24-27(37)30-23(26(36)31-24)15-20-6-4-7-21(28)14-20/h4,6-7,14-18H,5,8-13H2,1-3H3,(H,30,37)(H,31,36)/b23-15-,24-16-. The highest BCUT2D eigenvalue weighted by molar-refractivity contribution is 5.73. The lowest BCUT2D eigenvalue weighted by atomic mass is 10.1. The summed E-state index contributed by atoms with van der Waals surface area (Å²) in [6.45, 7) is 10.7. The second-order valence-corrected chi connectivity index (χ2v) is 9.64. The Morgan fingerprint density at radius 1 is 1.05 bits per heavy atom. The number of imidazole rings is 1. The number of nitrogens with one attached hydrogen (secondary N) is 2. The molecule has 2 aromatic heterocycles. The summed E-state index contributed by atoms with van der Waals surface area (Å²) in [6, 6.07) is 5.78. The van der Waals surface area contributed by atoms with Crippen LogP contribution in [-0.4, -0.2) is 67.9 Å². The van der Waals surface area contributed by atoms with Crippen LogP contribution in [0.15, 0.2) is 40.2 Å². The second-order valence-electron chi connectivity index (χ2n) is 9.64. The van der Waals surface area contributed by atoms with Gasteiger partial charge in [-0.05, 0) is 48.7 Å². The number of benzene rings is 1. The maximum atomic E-state index is 13.5. The molecule has 0 saturated carbocycles. The molecule has 1 amide bonds.